The lowest BCUT2D eigenvalue weighted by atomic mass is 9.93. The predicted molar refractivity (Wildman–Crippen MR) is 58.1 cm³/mol. The van der Waals surface area contributed by atoms with Crippen molar-refractivity contribution >= 4 is 5.71 Å². The van der Waals surface area contributed by atoms with E-state index in [1.807, 2.05) is 0 Å². The van der Waals surface area contributed by atoms with E-state index in [9.17, 15) is 0 Å². The molecule has 0 saturated heterocycles. The number of nitrogens with zero attached hydrogens (tertiary/aromatic N) is 1. The number of hydrogen-bond acceptors (Lipinski definition) is 0. The van der Waals surface area contributed by atoms with Crippen molar-refractivity contribution in [1.29, 1.82) is 0 Å². The SMILES string of the molecule is CC1Cc2ccccc2C2=[N+]1CCC2. The van der Waals surface area contributed by atoms with Crippen molar-refractivity contribution in [3.63, 3.8) is 0 Å². The first-order valence-corrected chi connectivity index (χ1v) is 5.57. The summed E-state index contributed by atoms with van der Waals surface area (Å²) in [6.45, 7) is 3.62. The zero-order valence-electron chi connectivity index (χ0n) is 8.66. The molecule has 0 saturated carbocycles. The Kier molecular flexibility index (Phi) is 1.73. The van der Waals surface area contributed by atoms with Crippen molar-refractivity contribution in [2.24, 2.45) is 0 Å². The summed E-state index contributed by atoms with van der Waals surface area (Å²) in [4.78, 5) is 0. The molecule has 0 aromatic heterocycles. The van der Waals surface area contributed by atoms with Crippen LogP contribution in [0.5, 0.6) is 0 Å². The summed E-state index contributed by atoms with van der Waals surface area (Å²) in [5.41, 5.74) is 4.66. The highest BCUT2D eigenvalue weighted by molar-refractivity contribution is 5.99. The molecular weight excluding hydrogens is 170 g/mol. The lowest BCUT2D eigenvalue weighted by molar-refractivity contribution is -0.556. The zero-order chi connectivity index (χ0) is 9.54. The Labute approximate surface area is 85.1 Å². The molecule has 0 aliphatic carbocycles. The Bertz CT molecular complexity index is 403. The highest BCUT2D eigenvalue weighted by Gasteiger charge is 2.33. The van der Waals surface area contributed by atoms with Gasteiger partial charge in [0.25, 0.3) is 0 Å². The second kappa shape index (κ2) is 2.94. The van der Waals surface area contributed by atoms with E-state index < -0.39 is 0 Å². The summed E-state index contributed by atoms with van der Waals surface area (Å²) in [6, 6.07) is 9.61. The molecule has 1 aromatic rings. The van der Waals surface area contributed by atoms with Gasteiger partial charge in [-0.1, -0.05) is 18.2 Å². The second-order valence-corrected chi connectivity index (χ2v) is 4.45. The van der Waals surface area contributed by atoms with Crippen molar-refractivity contribution in [2.75, 3.05) is 6.54 Å². The van der Waals surface area contributed by atoms with Crippen LogP contribution in [0, 0.1) is 0 Å². The van der Waals surface area contributed by atoms with Crippen molar-refractivity contribution < 1.29 is 4.58 Å². The maximum atomic E-state index is 2.60. The highest BCUT2D eigenvalue weighted by Crippen LogP contribution is 2.24. The molecule has 1 unspecified atom stereocenters. The van der Waals surface area contributed by atoms with E-state index in [0.717, 1.165) is 0 Å². The van der Waals surface area contributed by atoms with Gasteiger partial charge in [0.1, 0.15) is 6.54 Å². The smallest absolute Gasteiger partial charge is 0.184 e. The van der Waals surface area contributed by atoms with Gasteiger partial charge in [0.2, 0.25) is 0 Å². The van der Waals surface area contributed by atoms with Crippen molar-refractivity contribution in [3.8, 4) is 0 Å². The van der Waals surface area contributed by atoms with Gasteiger partial charge in [-0.05, 0) is 18.6 Å². The van der Waals surface area contributed by atoms with Crippen LogP contribution >= 0.6 is 0 Å². The third-order valence-corrected chi connectivity index (χ3v) is 3.53. The van der Waals surface area contributed by atoms with Crippen LogP contribution in [-0.2, 0) is 6.42 Å². The molecule has 0 N–H and O–H groups in total. The minimum absolute atomic E-state index is 0.711. The summed E-state index contributed by atoms with van der Waals surface area (Å²) in [5, 5.41) is 0. The number of hydrogen-bond donors (Lipinski definition) is 0. The third kappa shape index (κ3) is 1.05. The van der Waals surface area contributed by atoms with E-state index in [0.29, 0.717) is 6.04 Å². The van der Waals surface area contributed by atoms with E-state index >= 15 is 0 Å². The van der Waals surface area contributed by atoms with Crippen molar-refractivity contribution in [2.45, 2.75) is 32.2 Å². The fraction of sp³-hybridized carbons (Fsp3) is 0.462. The fourth-order valence-electron chi connectivity index (χ4n) is 2.88. The normalized spacial score (nSPS) is 24.8. The minimum Gasteiger partial charge on any atom is -0.230 e. The van der Waals surface area contributed by atoms with Crippen LogP contribution in [0.2, 0.25) is 0 Å². The second-order valence-electron chi connectivity index (χ2n) is 4.45. The minimum atomic E-state index is 0.711. The fourth-order valence-corrected chi connectivity index (χ4v) is 2.88. The van der Waals surface area contributed by atoms with Gasteiger partial charge in [0.05, 0.1) is 0 Å². The van der Waals surface area contributed by atoms with Crippen LogP contribution in [0.3, 0.4) is 0 Å². The molecule has 3 rings (SSSR count). The van der Waals surface area contributed by atoms with Crippen LogP contribution < -0.4 is 0 Å². The lowest BCUT2D eigenvalue weighted by Gasteiger charge is -2.19. The molecule has 1 aromatic carbocycles. The molecule has 0 spiro atoms. The highest BCUT2D eigenvalue weighted by atomic mass is 15.1. The van der Waals surface area contributed by atoms with E-state index in [1.165, 1.54) is 31.4 Å². The molecule has 0 bridgehead atoms. The first-order valence-electron chi connectivity index (χ1n) is 5.57. The predicted octanol–water partition coefficient (Wildman–Crippen LogP) is 2.23. The first-order chi connectivity index (χ1) is 6.86. The molecule has 0 amide bonds. The Hall–Kier alpha value is -1.11. The Morgan fingerprint density at radius 2 is 2.14 bits per heavy atom. The summed E-state index contributed by atoms with van der Waals surface area (Å²) in [7, 11) is 0. The molecule has 1 atom stereocenters. The van der Waals surface area contributed by atoms with Gasteiger partial charge in [-0.15, -0.1) is 0 Å². The molecule has 1 nitrogen and oxygen atoms in total. The van der Waals surface area contributed by atoms with Gasteiger partial charge in [0, 0.05) is 24.8 Å². The van der Waals surface area contributed by atoms with Crippen molar-refractivity contribution in [1.82, 2.24) is 0 Å². The quantitative estimate of drug-likeness (QED) is 0.547. The maximum Gasteiger partial charge on any atom is 0.184 e. The van der Waals surface area contributed by atoms with E-state index in [2.05, 4.69) is 35.8 Å². The summed E-state index contributed by atoms with van der Waals surface area (Å²) >= 11 is 0. The largest absolute Gasteiger partial charge is 0.230 e. The number of rotatable bonds is 0. The van der Waals surface area contributed by atoms with Gasteiger partial charge < -0.3 is 0 Å². The molecule has 2 heterocycles. The van der Waals surface area contributed by atoms with Crippen LogP contribution in [0.25, 0.3) is 0 Å². The van der Waals surface area contributed by atoms with Gasteiger partial charge in [-0.2, -0.15) is 0 Å². The summed E-state index contributed by atoms with van der Waals surface area (Å²) in [6.07, 6.45) is 3.84. The van der Waals surface area contributed by atoms with E-state index in [4.69, 9.17) is 0 Å². The molecule has 2 aliphatic rings. The Balaban J connectivity index is 2.19. The topological polar surface area (TPSA) is 3.01 Å². The van der Waals surface area contributed by atoms with E-state index in [-0.39, 0.29) is 0 Å². The van der Waals surface area contributed by atoms with Gasteiger partial charge in [-0.25, -0.2) is 4.58 Å². The van der Waals surface area contributed by atoms with Gasteiger partial charge in [-0.3, -0.25) is 0 Å². The maximum absolute atomic E-state index is 2.60. The third-order valence-electron chi connectivity index (χ3n) is 3.53. The van der Waals surface area contributed by atoms with Gasteiger partial charge in [0.15, 0.2) is 11.8 Å². The van der Waals surface area contributed by atoms with Crippen LogP contribution in [0.1, 0.15) is 30.9 Å². The van der Waals surface area contributed by atoms with Crippen LogP contribution in [0.15, 0.2) is 24.3 Å². The summed E-state index contributed by atoms with van der Waals surface area (Å²) in [5.74, 6) is 0. The molecule has 72 valence electrons. The molecule has 1 heteroatoms. The van der Waals surface area contributed by atoms with Crippen molar-refractivity contribution in [3.05, 3.63) is 35.4 Å². The van der Waals surface area contributed by atoms with Crippen LogP contribution in [0.4, 0.5) is 0 Å². The standard InChI is InChI=1S/C13H16N/c1-10-9-11-5-2-3-6-12(11)13-7-4-8-14(10)13/h2-3,5-6,10H,4,7-9H2,1H3/q+1. The number of fused-ring (bicyclic) bond motifs is 2. The Morgan fingerprint density at radius 3 is 3.07 bits per heavy atom. The summed E-state index contributed by atoms with van der Waals surface area (Å²) < 4.78 is 2.60. The van der Waals surface area contributed by atoms with Crippen LogP contribution in [-0.4, -0.2) is 22.9 Å². The monoisotopic (exact) mass is 186 g/mol. The Morgan fingerprint density at radius 1 is 1.29 bits per heavy atom. The number of benzene rings is 1. The molecular formula is C13H16N+. The average Bonchev–Trinajstić information content (AvgIpc) is 2.67. The molecule has 0 fully saturated rings. The molecule has 14 heavy (non-hydrogen) atoms. The molecule has 0 radical (unpaired) electrons. The zero-order valence-corrected chi connectivity index (χ0v) is 8.66. The first kappa shape index (κ1) is 8.22. The van der Waals surface area contributed by atoms with Gasteiger partial charge >= 0.3 is 0 Å². The van der Waals surface area contributed by atoms with E-state index in [1.54, 1.807) is 11.3 Å². The lowest BCUT2D eigenvalue weighted by Crippen LogP contribution is -2.33. The average molecular weight is 186 g/mol. The molecule has 2 aliphatic heterocycles.